The highest BCUT2D eigenvalue weighted by atomic mass is 16.2. The minimum absolute atomic E-state index is 0.0311. The van der Waals surface area contributed by atoms with Crippen molar-refractivity contribution in [3.8, 4) is 0 Å². The van der Waals surface area contributed by atoms with Crippen LogP contribution in [0.3, 0.4) is 0 Å². The van der Waals surface area contributed by atoms with Gasteiger partial charge in [0, 0.05) is 37.1 Å². The van der Waals surface area contributed by atoms with Crippen LogP contribution in [0.2, 0.25) is 0 Å². The van der Waals surface area contributed by atoms with Gasteiger partial charge in [-0.05, 0) is 44.5 Å². The molecule has 3 atom stereocenters. The average Bonchev–Trinajstić information content (AvgIpc) is 3.07. The number of hydrogen-bond donors (Lipinski definition) is 0. The first kappa shape index (κ1) is 18.3. The number of carbonyl (C=O) groups excluding carboxylic acids is 1. The minimum atomic E-state index is 0.0311. The Bertz CT molecular complexity index is 968. The Hall–Kier alpha value is -2.73. The molecule has 1 amide bonds. The molecule has 0 unspecified atom stereocenters. The summed E-state index contributed by atoms with van der Waals surface area (Å²) in [6, 6.07) is 13.1. The molecule has 0 N–H and O–H groups in total. The zero-order chi connectivity index (χ0) is 19.8. The molecule has 6 nitrogen and oxygen atoms in total. The smallest absolute Gasteiger partial charge is 0.274 e. The number of likely N-dealkylation sites (N-methyl/N-ethyl adjacent to an activating group) is 1. The Morgan fingerprint density at radius 2 is 1.93 bits per heavy atom. The second kappa shape index (κ2) is 7.59. The number of nitrogens with zero attached hydrogens (tertiary/aromatic N) is 5. The van der Waals surface area contributed by atoms with E-state index in [1.165, 1.54) is 5.56 Å². The van der Waals surface area contributed by atoms with Crippen LogP contribution in [0.4, 0.5) is 0 Å². The van der Waals surface area contributed by atoms with E-state index in [-0.39, 0.29) is 11.9 Å². The van der Waals surface area contributed by atoms with Crippen LogP contribution in [0.25, 0.3) is 5.78 Å². The monoisotopic (exact) mass is 389 g/mol. The molecule has 2 saturated heterocycles. The van der Waals surface area contributed by atoms with Crippen molar-refractivity contribution in [3.63, 3.8) is 0 Å². The number of amides is 1. The van der Waals surface area contributed by atoms with Gasteiger partial charge in [0.1, 0.15) is 5.69 Å². The van der Waals surface area contributed by atoms with Crippen LogP contribution in [0.1, 0.15) is 47.7 Å². The second-order valence-corrected chi connectivity index (χ2v) is 8.29. The van der Waals surface area contributed by atoms with Crippen molar-refractivity contribution in [3.05, 3.63) is 66.2 Å². The van der Waals surface area contributed by atoms with Gasteiger partial charge in [-0.15, -0.1) is 0 Å². The largest absolute Gasteiger partial charge is 0.332 e. The Labute approximate surface area is 171 Å². The molecule has 3 aromatic rings. The first-order chi connectivity index (χ1) is 14.2. The third-order valence-corrected chi connectivity index (χ3v) is 6.62. The summed E-state index contributed by atoms with van der Waals surface area (Å²) in [5.74, 6) is 0.959. The topological polar surface area (TPSA) is 53.7 Å². The maximum Gasteiger partial charge on any atom is 0.274 e. The van der Waals surface area contributed by atoms with Crippen molar-refractivity contribution in [2.24, 2.45) is 0 Å². The van der Waals surface area contributed by atoms with Crippen LogP contribution in [0, 0.1) is 0 Å². The van der Waals surface area contributed by atoms with Gasteiger partial charge in [-0.1, -0.05) is 36.8 Å². The van der Waals surface area contributed by atoms with Crippen LogP contribution in [-0.4, -0.2) is 62.3 Å². The van der Waals surface area contributed by atoms with E-state index < -0.39 is 0 Å². The van der Waals surface area contributed by atoms with E-state index in [0.717, 1.165) is 38.8 Å². The summed E-state index contributed by atoms with van der Waals surface area (Å²) < 4.78 is 1.82. The summed E-state index contributed by atoms with van der Waals surface area (Å²) in [5.41, 5.74) is 1.83. The van der Waals surface area contributed by atoms with Gasteiger partial charge in [-0.3, -0.25) is 9.20 Å². The lowest BCUT2D eigenvalue weighted by molar-refractivity contribution is 0.0342. The number of hydrogen-bond acceptors (Lipinski definition) is 4. The zero-order valence-electron chi connectivity index (χ0n) is 16.8. The van der Waals surface area contributed by atoms with Gasteiger partial charge in [-0.2, -0.15) is 0 Å². The summed E-state index contributed by atoms with van der Waals surface area (Å²) in [6.45, 7) is 1.86. The number of aromatic nitrogens is 3. The quantitative estimate of drug-likeness (QED) is 0.675. The summed E-state index contributed by atoms with van der Waals surface area (Å²) in [6.07, 6.45) is 9.82. The molecule has 150 valence electrons. The summed E-state index contributed by atoms with van der Waals surface area (Å²) in [4.78, 5) is 27.0. The fraction of sp³-hybridized carbons (Fsp3) is 0.435. The number of carbonyl (C=O) groups is 1. The highest BCUT2D eigenvalue weighted by molar-refractivity contribution is 5.93. The molecule has 2 aliphatic rings. The molecule has 1 aromatic carbocycles. The van der Waals surface area contributed by atoms with E-state index in [1.807, 2.05) is 22.9 Å². The van der Waals surface area contributed by atoms with Crippen molar-refractivity contribution >= 4 is 11.7 Å². The highest BCUT2D eigenvalue weighted by Gasteiger charge is 2.43. The van der Waals surface area contributed by atoms with Gasteiger partial charge < -0.3 is 9.80 Å². The van der Waals surface area contributed by atoms with Gasteiger partial charge in [0.15, 0.2) is 0 Å². The molecule has 2 aliphatic heterocycles. The first-order valence-corrected chi connectivity index (χ1v) is 10.6. The molecule has 0 radical (unpaired) electrons. The van der Waals surface area contributed by atoms with E-state index in [2.05, 4.69) is 57.1 Å². The van der Waals surface area contributed by atoms with Crippen LogP contribution in [0.5, 0.6) is 0 Å². The SMILES string of the molecule is CN1CC[C@H](c2ccccc2)[C@@H]2[C@H]1CCCCN2C(=O)c1cn2cccnc2n1. The first-order valence-electron chi connectivity index (χ1n) is 10.6. The molecule has 0 aliphatic carbocycles. The summed E-state index contributed by atoms with van der Waals surface area (Å²) >= 11 is 0. The normalized spacial score (nSPS) is 25.6. The van der Waals surface area contributed by atoms with Crippen molar-refractivity contribution in [1.82, 2.24) is 24.2 Å². The van der Waals surface area contributed by atoms with Crippen molar-refractivity contribution in [2.75, 3.05) is 20.1 Å². The van der Waals surface area contributed by atoms with Gasteiger partial charge in [-0.25, -0.2) is 9.97 Å². The lowest BCUT2D eigenvalue weighted by Gasteiger charge is -2.48. The molecule has 6 heteroatoms. The molecule has 2 fully saturated rings. The number of fused-ring (bicyclic) bond motifs is 2. The number of likely N-dealkylation sites (tertiary alicyclic amines) is 2. The van der Waals surface area contributed by atoms with Crippen LogP contribution in [-0.2, 0) is 0 Å². The van der Waals surface area contributed by atoms with E-state index in [0.29, 0.717) is 23.4 Å². The number of imidazole rings is 1. The number of piperidine rings is 1. The van der Waals surface area contributed by atoms with E-state index in [1.54, 1.807) is 6.20 Å². The van der Waals surface area contributed by atoms with Crippen molar-refractivity contribution < 1.29 is 4.79 Å². The van der Waals surface area contributed by atoms with Gasteiger partial charge in [0.2, 0.25) is 5.78 Å². The predicted octanol–water partition coefficient (Wildman–Crippen LogP) is 3.21. The van der Waals surface area contributed by atoms with E-state index in [4.69, 9.17) is 0 Å². The molecule has 0 bridgehead atoms. The second-order valence-electron chi connectivity index (χ2n) is 8.29. The van der Waals surface area contributed by atoms with E-state index >= 15 is 0 Å². The standard InChI is InChI=1S/C23H27N5O/c1-26-15-11-18(17-8-3-2-4-9-17)21-20(26)10-5-6-14-28(21)22(29)19-16-27-13-7-12-24-23(27)25-19/h2-4,7-9,12-13,16,18,20-21H,5-6,10-11,14-15H2,1H3/t18-,20-,21-/m1/s1. The van der Waals surface area contributed by atoms with E-state index in [9.17, 15) is 4.79 Å². The fourth-order valence-electron chi connectivity index (χ4n) is 5.19. The van der Waals surface area contributed by atoms with Crippen LogP contribution in [0.15, 0.2) is 55.0 Å². The maximum atomic E-state index is 13.7. The Kier molecular flexibility index (Phi) is 4.79. The maximum absolute atomic E-state index is 13.7. The fourth-order valence-corrected chi connectivity index (χ4v) is 5.19. The number of rotatable bonds is 2. The zero-order valence-corrected chi connectivity index (χ0v) is 16.8. The van der Waals surface area contributed by atoms with Crippen molar-refractivity contribution in [2.45, 2.75) is 43.7 Å². The summed E-state index contributed by atoms with van der Waals surface area (Å²) in [7, 11) is 2.21. The van der Waals surface area contributed by atoms with Gasteiger partial charge in [0.25, 0.3) is 5.91 Å². The molecular formula is C23H27N5O. The van der Waals surface area contributed by atoms with Crippen LogP contribution < -0.4 is 0 Å². The molecular weight excluding hydrogens is 362 g/mol. The highest BCUT2D eigenvalue weighted by Crippen LogP contribution is 2.38. The molecule has 2 aromatic heterocycles. The van der Waals surface area contributed by atoms with Gasteiger partial charge >= 0.3 is 0 Å². The molecule has 29 heavy (non-hydrogen) atoms. The molecule has 5 rings (SSSR count). The predicted molar refractivity (Wildman–Crippen MR) is 112 cm³/mol. The third kappa shape index (κ3) is 3.31. The lowest BCUT2D eigenvalue weighted by Crippen LogP contribution is -2.58. The molecule has 0 saturated carbocycles. The molecule has 4 heterocycles. The minimum Gasteiger partial charge on any atom is -0.332 e. The van der Waals surface area contributed by atoms with Gasteiger partial charge in [0.05, 0.1) is 6.04 Å². The Morgan fingerprint density at radius 1 is 1.07 bits per heavy atom. The Morgan fingerprint density at radius 3 is 2.76 bits per heavy atom. The third-order valence-electron chi connectivity index (χ3n) is 6.62. The Balaban J connectivity index is 1.54. The summed E-state index contributed by atoms with van der Waals surface area (Å²) in [5, 5.41) is 0. The van der Waals surface area contributed by atoms with Crippen molar-refractivity contribution in [1.29, 1.82) is 0 Å². The van der Waals surface area contributed by atoms with Crippen LogP contribution >= 0.6 is 0 Å². The average molecular weight is 390 g/mol. The number of benzene rings is 1. The lowest BCUT2D eigenvalue weighted by atomic mass is 9.79. The molecule has 0 spiro atoms.